The van der Waals surface area contributed by atoms with Crippen molar-refractivity contribution in [3.63, 3.8) is 0 Å². The van der Waals surface area contributed by atoms with Crippen molar-refractivity contribution in [2.45, 2.75) is 49.0 Å². The van der Waals surface area contributed by atoms with Crippen LogP contribution in [0.2, 0.25) is 0 Å². The molecule has 2 atom stereocenters. The molecule has 30 heavy (non-hydrogen) atoms. The van der Waals surface area contributed by atoms with Gasteiger partial charge in [-0.05, 0) is 49.1 Å². The second-order valence-electron chi connectivity index (χ2n) is 7.42. The van der Waals surface area contributed by atoms with Crippen LogP contribution in [-0.2, 0) is 21.4 Å². The Morgan fingerprint density at radius 2 is 1.97 bits per heavy atom. The highest BCUT2D eigenvalue weighted by molar-refractivity contribution is 7.91. The first kappa shape index (κ1) is 22.8. The molecule has 1 fully saturated rings. The molecule has 164 valence electrons. The van der Waals surface area contributed by atoms with Crippen LogP contribution in [0, 0.1) is 5.82 Å². The normalized spacial score (nSPS) is 19.3. The summed E-state index contributed by atoms with van der Waals surface area (Å²) in [6, 6.07) is 10.1. The predicted octanol–water partition coefficient (Wildman–Crippen LogP) is 2.53. The molecule has 0 spiro atoms. The lowest BCUT2D eigenvalue weighted by Crippen LogP contribution is -2.32. The van der Waals surface area contributed by atoms with Gasteiger partial charge in [0.15, 0.2) is 0 Å². The molecule has 1 saturated heterocycles. The number of nitrogens with zero attached hydrogens (tertiary/aromatic N) is 1. The minimum absolute atomic E-state index is 0.116. The van der Waals surface area contributed by atoms with Crippen molar-refractivity contribution in [2.24, 2.45) is 0 Å². The van der Waals surface area contributed by atoms with Gasteiger partial charge in [-0.3, -0.25) is 15.6 Å². The smallest absolute Gasteiger partial charge is 0.252 e. The quantitative estimate of drug-likeness (QED) is 0.542. The van der Waals surface area contributed by atoms with Gasteiger partial charge < -0.3 is 5.32 Å². The third-order valence-electron chi connectivity index (χ3n) is 5.09. The molecule has 2 unspecified atom stereocenters. The highest BCUT2D eigenvalue weighted by atomic mass is 32.2. The molecule has 1 amide bonds. The fourth-order valence-corrected chi connectivity index (χ4v) is 6.08. The molecule has 0 saturated carbocycles. The standard InChI is InChI=1S/C20H27FN4O3S2/c1-14(26)22-13-18-9-10-20(29-18)30(27,28)25(2)11-3-4-17-12-19(24-23-17)15-5-7-16(21)8-6-15/h5-10,17,19,23-24H,3-4,11-13H2,1-2H3,(H,22,26). The zero-order valence-electron chi connectivity index (χ0n) is 17.0. The van der Waals surface area contributed by atoms with E-state index in [0.29, 0.717) is 13.1 Å². The maximum atomic E-state index is 13.1. The summed E-state index contributed by atoms with van der Waals surface area (Å²) in [6.45, 7) is 2.17. The number of carbonyl (C=O) groups excluding carboxylic acids is 1. The number of hydrazine groups is 1. The minimum Gasteiger partial charge on any atom is -0.351 e. The average Bonchev–Trinajstić information content (AvgIpc) is 3.37. The zero-order valence-corrected chi connectivity index (χ0v) is 18.7. The molecule has 10 heteroatoms. The zero-order chi connectivity index (χ0) is 21.7. The van der Waals surface area contributed by atoms with Crippen LogP contribution in [0.15, 0.2) is 40.6 Å². The Balaban J connectivity index is 1.46. The fraction of sp³-hybridized carbons (Fsp3) is 0.450. The van der Waals surface area contributed by atoms with E-state index in [1.165, 1.54) is 34.7 Å². The van der Waals surface area contributed by atoms with Crippen LogP contribution in [0.3, 0.4) is 0 Å². The van der Waals surface area contributed by atoms with E-state index in [0.717, 1.165) is 29.7 Å². The van der Waals surface area contributed by atoms with Gasteiger partial charge in [0, 0.05) is 37.5 Å². The molecule has 1 aliphatic rings. The van der Waals surface area contributed by atoms with Gasteiger partial charge in [0.1, 0.15) is 10.0 Å². The van der Waals surface area contributed by atoms with Crippen molar-refractivity contribution >= 4 is 27.3 Å². The van der Waals surface area contributed by atoms with E-state index >= 15 is 0 Å². The Bertz CT molecular complexity index is 963. The van der Waals surface area contributed by atoms with E-state index in [1.807, 2.05) is 0 Å². The van der Waals surface area contributed by atoms with Crippen LogP contribution >= 0.6 is 11.3 Å². The number of halogens is 1. The lowest BCUT2D eigenvalue weighted by molar-refractivity contribution is -0.119. The molecule has 0 aliphatic carbocycles. The van der Waals surface area contributed by atoms with Crippen LogP contribution in [0.1, 0.15) is 42.7 Å². The molecule has 3 rings (SSSR count). The monoisotopic (exact) mass is 454 g/mol. The summed E-state index contributed by atoms with van der Waals surface area (Å²) < 4.78 is 40.3. The minimum atomic E-state index is -3.54. The van der Waals surface area contributed by atoms with Gasteiger partial charge in [0.05, 0.1) is 6.54 Å². The van der Waals surface area contributed by atoms with Gasteiger partial charge in [-0.2, -0.15) is 0 Å². The van der Waals surface area contributed by atoms with Crippen molar-refractivity contribution in [1.82, 2.24) is 20.5 Å². The Labute approximate surface area is 180 Å². The van der Waals surface area contributed by atoms with Gasteiger partial charge in [-0.25, -0.2) is 17.1 Å². The second kappa shape index (κ2) is 9.97. The first-order valence-corrected chi connectivity index (χ1v) is 12.1. The van der Waals surface area contributed by atoms with Gasteiger partial charge >= 0.3 is 0 Å². The van der Waals surface area contributed by atoms with E-state index in [9.17, 15) is 17.6 Å². The van der Waals surface area contributed by atoms with Gasteiger partial charge in [0.2, 0.25) is 5.91 Å². The Kier molecular flexibility index (Phi) is 7.59. The number of amides is 1. The molecule has 1 aliphatic heterocycles. The van der Waals surface area contributed by atoms with Crippen molar-refractivity contribution in [3.8, 4) is 0 Å². The topological polar surface area (TPSA) is 90.5 Å². The van der Waals surface area contributed by atoms with E-state index < -0.39 is 10.0 Å². The molecule has 7 nitrogen and oxygen atoms in total. The predicted molar refractivity (Wildman–Crippen MR) is 115 cm³/mol. The molecule has 1 aromatic carbocycles. The summed E-state index contributed by atoms with van der Waals surface area (Å²) in [5.74, 6) is -0.403. The largest absolute Gasteiger partial charge is 0.351 e. The van der Waals surface area contributed by atoms with E-state index in [4.69, 9.17) is 0 Å². The van der Waals surface area contributed by atoms with E-state index in [-0.39, 0.29) is 28.0 Å². The lowest BCUT2D eigenvalue weighted by Gasteiger charge is -2.17. The maximum absolute atomic E-state index is 13.1. The highest BCUT2D eigenvalue weighted by Crippen LogP contribution is 2.26. The summed E-state index contributed by atoms with van der Waals surface area (Å²) in [4.78, 5) is 11.8. The molecular formula is C20H27FN4O3S2. The SMILES string of the molecule is CC(=O)NCc1ccc(S(=O)(=O)N(C)CCCC2CC(c3ccc(F)cc3)NN2)s1. The van der Waals surface area contributed by atoms with Crippen LogP contribution in [0.4, 0.5) is 4.39 Å². The Morgan fingerprint density at radius 3 is 2.67 bits per heavy atom. The lowest BCUT2D eigenvalue weighted by atomic mass is 10.00. The Hall–Kier alpha value is -1.85. The van der Waals surface area contributed by atoms with Crippen molar-refractivity contribution in [1.29, 1.82) is 0 Å². The van der Waals surface area contributed by atoms with Crippen molar-refractivity contribution < 1.29 is 17.6 Å². The summed E-state index contributed by atoms with van der Waals surface area (Å²) in [5, 5.41) is 2.67. The van der Waals surface area contributed by atoms with Crippen molar-refractivity contribution in [3.05, 3.63) is 52.7 Å². The molecule has 2 aromatic rings. The third-order valence-corrected chi connectivity index (χ3v) is 8.50. The molecule has 0 radical (unpaired) electrons. The van der Waals surface area contributed by atoms with Crippen LogP contribution in [-0.4, -0.2) is 38.3 Å². The number of hydrogen-bond donors (Lipinski definition) is 3. The summed E-state index contributed by atoms with van der Waals surface area (Å²) >= 11 is 1.17. The number of nitrogens with one attached hydrogen (secondary N) is 3. The average molecular weight is 455 g/mol. The molecule has 0 bridgehead atoms. The van der Waals surface area contributed by atoms with E-state index in [1.54, 1.807) is 31.3 Å². The second-order valence-corrected chi connectivity index (χ2v) is 10.9. The van der Waals surface area contributed by atoms with Crippen LogP contribution in [0.5, 0.6) is 0 Å². The van der Waals surface area contributed by atoms with E-state index in [2.05, 4.69) is 16.2 Å². The molecule has 1 aromatic heterocycles. The summed E-state index contributed by atoms with van der Waals surface area (Å²) in [6.07, 6.45) is 2.40. The third kappa shape index (κ3) is 5.86. The van der Waals surface area contributed by atoms with Gasteiger partial charge in [0.25, 0.3) is 10.0 Å². The Morgan fingerprint density at radius 1 is 1.23 bits per heavy atom. The van der Waals surface area contributed by atoms with Gasteiger partial charge in [-0.15, -0.1) is 11.3 Å². The van der Waals surface area contributed by atoms with Crippen LogP contribution < -0.4 is 16.2 Å². The highest BCUT2D eigenvalue weighted by Gasteiger charge is 2.26. The van der Waals surface area contributed by atoms with Gasteiger partial charge in [-0.1, -0.05) is 12.1 Å². The number of rotatable bonds is 9. The number of hydrogen-bond acceptors (Lipinski definition) is 6. The summed E-state index contributed by atoms with van der Waals surface area (Å²) in [5.41, 5.74) is 7.50. The summed E-state index contributed by atoms with van der Waals surface area (Å²) in [7, 11) is -1.96. The maximum Gasteiger partial charge on any atom is 0.252 e. The molecule has 2 heterocycles. The van der Waals surface area contributed by atoms with Crippen LogP contribution in [0.25, 0.3) is 0 Å². The number of benzene rings is 1. The number of carbonyl (C=O) groups is 1. The number of sulfonamides is 1. The van der Waals surface area contributed by atoms with Crippen molar-refractivity contribution in [2.75, 3.05) is 13.6 Å². The molecular weight excluding hydrogens is 427 g/mol. The first-order valence-electron chi connectivity index (χ1n) is 9.81. The number of thiophene rings is 1. The first-order chi connectivity index (χ1) is 14.3. The molecule has 3 N–H and O–H groups in total. The fourth-order valence-electron chi connectivity index (χ4n) is 3.36.